The minimum atomic E-state index is -0.158. The Morgan fingerprint density at radius 3 is 2.61 bits per heavy atom. The molecule has 0 saturated carbocycles. The Morgan fingerprint density at radius 2 is 1.87 bits per heavy atom. The SMILES string of the molecule is CC1(C)Cc2cc(Br)cc(OCCCCN3CCN(c4cccc(Cl)c4)CC3)c2O1.Cl. The van der Waals surface area contributed by atoms with Crippen LogP contribution >= 0.6 is 39.9 Å². The number of fused-ring (bicyclic) bond motifs is 1. The number of hydrogen-bond acceptors (Lipinski definition) is 4. The monoisotopic (exact) mass is 528 g/mol. The van der Waals surface area contributed by atoms with Crippen molar-refractivity contribution < 1.29 is 9.47 Å². The van der Waals surface area contributed by atoms with Gasteiger partial charge in [0, 0.05) is 53.3 Å². The van der Waals surface area contributed by atoms with Gasteiger partial charge in [-0.15, -0.1) is 12.4 Å². The van der Waals surface area contributed by atoms with Crippen LogP contribution in [0.3, 0.4) is 0 Å². The lowest BCUT2D eigenvalue weighted by atomic mass is 10.0. The maximum absolute atomic E-state index is 6.13. The number of benzene rings is 2. The summed E-state index contributed by atoms with van der Waals surface area (Å²) >= 11 is 9.73. The molecular weight excluding hydrogens is 499 g/mol. The van der Waals surface area contributed by atoms with E-state index >= 15 is 0 Å². The summed E-state index contributed by atoms with van der Waals surface area (Å²) in [6.07, 6.45) is 3.10. The molecule has 1 fully saturated rings. The van der Waals surface area contributed by atoms with E-state index in [0.29, 0.717) is 0 Å². The van der Waals surface area contributed by atoms with Gasteiger partial charge in [0.2, 0.25) is 0 Å². The van der Waals surface area contributed by atoms with Crippen molar-refractivity contribution in [3.8, 4) is 11.5 Å². The van der Waals surface area contributed by atoms with Crippen molar-refractivity contribution >= 4 is 45.6 Å². The summed E-state index contributed by atoms with van der Waals surface area (Å²) in [5.41, 5.74) is 2.29. The smallest absolute Gasteiger partial charge is 0.165 e. The largest absolute Gasteiger partial charge is 0.490 e. The van der Waals surface area contributed by atoms with Crippen LogP contribution in [-0.4, -0.2) is 49.8 Å². The standard InChI is InChI=1S/C24H30BrClN2O2.ClH/c1-24(2)17-18-14-19(25)15-22(23(18)30-24)29-13-4-3-8-27-9-11-28(12-10-27)21-7-5-6-20(26)16-21;/h5-7,14-16H,3-4,8-13,17H2,1-2H3;1H. The first kappa shape index (κ1) is 24.5. The summed E-state index contributed by atoms with van der Waals surface area (Å²) in [5.74, 6) is 1.78. The first-order valence-corrected chi connectivity index (χ1v) is 11.9. The van der Waals surface area contributed by atoms with Crippen LogP contribution in [0.2, 0.25) is 5.02 Å². The Morgan fingerprint density at radius 1 is 1.10 bits per heavy atom. The molecule has 0 amide bonds. The summed E-state index contributed by atoms with van der Waals surface area (Å²) in [5, 5.41) is 0.806. The topological polar surface area (TPSA) is 24.9 Å². The molecule has 4 rings (SSSR count). The summed E-state index contributed by atoms with van der Waals surface area (Å²) in [6.45, 7) is 10.4. The first-order valence-electron chi connectivity index (χ1n) is 10.8. The van der Waals surface area contributed by atoms with Gasteiger partial charge in [-0.1, -0.05) is 33.6 Å². The Kier molecular flexibility index (Phi) is 8.42. The average molecular weight is 530 g/mol. The number of unbranched alkanes of at least 4 members (excludes halogenated alkanes) is 1. The molecule has 4 nitrogen and oxygen atoms in total. The van der Waals surface area contributed by atoms with Gasteiger partial charge < -0.3 is 14.4 Å². The van der Waals surface area contributed by atoms with E-state index in [9.17, 15) is 0 Å². The van der Waals surface area contributed by atoms with E-state index in [1.54, 1.807) is 0 Å². The molecule has 2 aliphatic heterocycles. The summed E-state index contributed by atoms with van der Waals surface area (Å²) < 4.78 is 13.3. The molecule has 0 N–H and O–H groups in total. The van der Waals surface area contributed by atoms with Gasteiger partial charge in [-0.2, -0.15) is 0 Å². The van der Waals surface area contributed by atoms with Crippen molar-refractivity contribution in [2.75, 3.05) is 44.2 Å². The fourth-order valence-corrected chi connectivity index (χ4v) is 4.94. The quantitative estimate of drug-likeness (QED) is 0.397. The van der Waals surface area contributed by atoms with E-state index in [2.05, 4.69) is 57.8 Å². The number of rotatable bonds is 7. The summed E-state index contributed by atoms with van der Waals surface area (Å²) in [6, 6.07) is 12.3. The number of piperazine rings is 1. The van der Waals surface area contributed by atoms with Gasteiger partial charge in [-0.05, 0) is 63.6 Å². The van der Waals surface area contributed by atoms with Gasteiger partial charge in [-0.3, -0.25) is 4.90 Å². The lowest BCUT2D eigenvalue weighted by Crippen LogP contribution is -2.46. The lowest BCUT2D eigenvalue weighted by Gasteiger charge is -2.36. The maximum Gasteiger partial charge on any atom is 0.165 e. The number of halogens is 3. The Labute approximate surface area is 205 Å². The van der Waals surface area contributed by atoms with Gasteiger partial charge in [0.25, 0.3) is 0 Å². The second-order valence-corrected chi connectivity index (χ2v) is 10.1. The predicted octanol–water partition coefficient (Wildman–Crippen LogP) is 6.22. The minimum absolute atomic E-state index is 0. The number of nitrogens with zero attached hydrogens (tertiary/aromatic N) is 2. The highest BCUT2D eigenvalue weighted by Gasteiger charge is 2.32. The lowest BCUT2D eigenvalue weighted by molar-refractivity contribution is 0.131. The molecule has 2 aliphatic rings. The fourth-order valence-electron chi connectivity index (χ4n) is 4.27. The summed E-state index contributed by atoms with van der Waals surface area (Å²) in [4.78, 5) is 4.96. The predicted molar refractivity (Wildman–Crippen MR) is 135 cm³/mol. The van der Waals surface area contributed by atoms with E-state index < -0.39 is 0 Å². The molecular formula is C24H31BrCl2N2O2. The van der Waals surface area contributed by atoms with E-state index in [1.807, 2.05) is 18.2 Å². The van der Waals surface area contributed by atoms with Gasteiger partial charge in [-0.25, -0.2) is 0 Å². The molecule has 0 aromatic heterocycles. The van der Waals surface area contributed by atoms with Crippen LogP contribution in [0.5, 0.6) is 11.5 Å². The van der Waals surface area contributed by atoms with Gasteiger partial charge >= 0.3 is 0 Å². The van der Waals surface area contributed by atoms with Crippen molar-refractivity contribution in [2.24, 2.45) is 0 Å². The molecule has 0 unspecified atom stereocenters. The average Bonchev–Trinajstić information content (AvgIpc) is 3.02. The highest BCUT2D eigenvalue weighted by Crippen LogP contribution is 2.43. The zero-order valence-electron chi connectivity index (χ0n) is 18.2. The van der Waals surface area contributed by atoms with E-state index in [0.717, 1.165) is 79.6 Å². The molecule has 1 saturated heterocycles. The molecule has 0 spiro atoms. The molecule has 0 atom stereocenters. The van der Waals surface area contributed by atoms with E-state index in [1.165, 1.54) is 11.3 Å². The fraction of sp³-hybridized carbons (Fsp3) is 0.500. The van der Waals surface area contributed by atoms with Crippen molar-refractivity contribution in [1.82, 2.24) is 4.90 Å². The Hall–Kier alpha value is -1.14. The van der Waals surface area contributed by atoms with Crippen LogP contribution in [0.1, 0.15) is 32.3 Å². The van der Waals surface area contributed by atoms with E-state index in [-0.39, 0.29) is 18.0 Å². The molecule has 7 heteroatoms. The maximum atomic E-state index is 6.13. The third-order valence-electron chi connectivity index (χ3n) is 5.76. The minimum Gasteiger partial charge on any atom is -0.490 e. The van der Waals surface area contributed by atoms with Crippen LogP contribution < -0.4 is 14.4 Å². The molecule has 2 aromatic carbocycles. The second kappa shape index (κ2) is 10.7. The van der Waals surface area contributed by atoms with Crippen molar-refractivity contribution in [1.29, 1.82) is 0 Å². The third-order valence-corrected chi connectivity index (χ3v) is 6.46. The summed E-state index contributed by atoms with van der Waals surface area (Å²) in [7, 11) is 0. The van der Waals surface area contributed by atoms with Gasteiger partial charge in [0.1, 0.15) is 5.60 Å². The Balaban J connectivity index is 0.00000272. The number of anilines is 1. The molecule has 2 aromatic rings. The molecule has 0 bridgehead atoms. The molecule has 0 radical (unpaired) electrons. The van der Waals surface area contributed by atoms with Crippen LogP contribution in [0.25, 0.3) is 0 Å². The third kappa shape index (κ3) is 6.44. The molecule has 31 heavy (non-hydrogen) atoms. The van der Waals surface area contributed by atoms with Gasteiger partial charge in [0.05, 0.1) is 6.61 Å². The number of ether oxygens (including phenoxy) is 2. The molecule has 170 valence electrons. The van der Waals surface area contributed by atoms with Gasteiger partial charge in [0.15, 0.2) is 11.5 Å². The van der Waals surface area contributed by atoms with Crippen LogP contribution in [0.15, 0.2) is 40.9 Å². The molecule has 0 aliphatic carbocycles. The zero-order chi connectivity index (χ0) is 21.1. The number of hydrogen-bond donors (Lipinski definition) is 0. The van der Waals surface area contributed by atoms with E-state index in [4.69, 9.17) is 21.1 Å². The zero-order valence-corrected chi connectivity index (χ0v) is 21.4. The van der Waals surface area contributed by atoms with Crippen LogP contribution in [-0.2, 0) is 6.42 Å². The van der Waals surface area contributed by atoms with Crippen LogP contribution in [0.4, 0.5) is 5.69 Å². The second-order valence-electron chi connectivity index (χ2n) is 8.79. The highest BCUT2D eigenvalue weighted by atomic mass is 79.9. The van der Waals surface area contributed by atoms with Crippen molar-refractivity contribution in [2.45, 2.75) is 38.7 Å². The van der Waals surface area contributed by atoms with Crippen molar-refractivity contribution in [3.63, 3.8) is 0 Å². The highest BCUT2D eigenvalue weighted by molar-refractivity contribution is 9.10. The Bertz CT molecular complexity index is 886. The van der Waals surface area contributed by atoms with Crippen LogP contribution in [0, 0.1) is 0 Å². The molecule has 2 heterocycles. The first-order chi connectivity index (χ1) is 14.4. The normalized spacial score (nSPS) is 17.6. The van der Waals surface area contributed by atoms with Crippen molar-refractivity contribution in [3.05, 3.63) is 51.5 Å².